The third kappa shape index (κ3) is 4.07. The molecular weight excluding hydrogens is 152 g/mol. The number of hydrogen-bond donors (Lipinski definition) is 1. The standard InChI is InChI=1S/C10H22O2/c1-5-7-12-10(8(3)4)9(11)6-2/h8-11H,5-7H2,1-4H3/t9-,10-/m1/s1. The van der Waals surface area contributed by atoms with Crippen LogP contribution in [0.1, 0.15) is 40.5 Å². The van der Waals surface area contributed by atoms with Crippen molar-refractivity contribution in [3.63, 3.8) is 0 Å². The fraction of sp³-hybridized carbons (Fsp3) is 1.00. The first-order chi connectivity index (χ1) is 5.63. The average Bonchev–Trinajstić information content (AvgIpc) is 2.04. The molecule has 1 N–H and O–H groups in total. The highest BCUT2D eigenvalue weighted by atomic mass is 16.5. The molecule has 0 saturated heterocycles. The van der Waals surface area contributed by atoms with Crippen molar-refractivity contribution in [2.75, 3.05) is 6.61 Å². The molecule has 2 atom stereocenters. The van der Waals surface area contributed by atoms with Gasteiger partial charge in [-0.15, -0.1) is 0 Å². The Morgan fingerprint density at radius 2 is 1.83 bits per heavy atom. The van der Waals surface area contributed by atoms with Crippen LogP contribution in [0.15, 0.2) is 0 Å². The zero-order chi connectivity index (χ0) is 9.56. The van der Waals surface area contributed by atoms with Gasteiger partial charge in [0.15, 0.2) is 0 Å². The summed E-state index contributed by atoms with van der Waals surface area (Å²) in [5.41, 5.74) is 0. The van der Waals surface area contributed by atoms with Crippen LogP contribution in [-0.2, 0) is 4.74 Å². The molecule has 0 aromatic carbocycles. The second kappa shape index (κ2) is 6.44. The van der Waals surface area contributed by atoms with Gasteiger partial charge in [0.05, 0.1) is 12.2 Å². The minimum Gasteiger partial charge on any atom is -0.390 e. The molecule has 0 amide bonds. The van der Waals surface area contributed by atoms with Crippen molar-refractivity contribution in [2.45, 2.75) is 52.7 Å². The van der Waals surface area contributed by atoms with E-state index in [-0.39, 0.29) is 12.2 Å². The first-order valence-corrected chi connectivity index (χ1v) is 4.93. The molecule has 0 aromatic rings. The summed E-state index contributed by atoms with van der Waals surface area (Å²) >= 11 is 0. The van der Waals surface area contributed by atoms with Crippen molar-refractivity contribution >= 4 is 0 Å². The first-order valence-electron chi connectivity index (χ1n) is 4.93. The molecular formula is C10H22O2. The van der Waals surface area contributed by atoms with Crippen LogP contribution < -0.4 is 0 Å². The molecule has 2 heteroatoms. The molecule has 0 bridgehead atoms. The summed E-state index contributed by atoms with van der Waals surface area (Å²) in [5, 5.41) is 9.59. The summed E-state index contributed by atoms with van der Waals surface area (Å²) in [6.45, 7) is 8.98. The Morgan fingerprint density at radius 3 is 2.17 bits per heavy atom. The topological polar surface area (TPSA) is 29.5 Å². The lowest BCUT2D eigenvalue weighted by atomic mass is 10.00. The van der Waals surface area contributed by atoms with Crippen LogP contribution in [0.3, 0.4) is 0 Å². The molecule has 0 unspecified atom stereocenters. The number of hydrogen-bond acceptors (Lipinski definition) is 2. The van der Waals surface area contributed by atoms with Gasteiger partial charge in [0, 0.05) is 6.61 Å². The monoisotopic (exact) mass is 174 g/mol. The van der Waals surface area contributed by atoms with Crippen molar-refractivity contribution in [1.82, 2.24) is 0 Å². The van der Waals surface area contributed by atoms with Gasteiger partial charge in [0.1, 0.15) is 0 Å². The summed E-state index contributed by atoms with van der Waals surface area (Å²) in [6, 6.07) is 0. The number of aliphatic hydroxyl groups is 1. The zero-order valence-corrected chi connectivity index (χ0v) is 8.71. The average molecular weight is 174 g/mol. The largest absolute Gasteiger partial charge is 0.390 e. The highest BCUT2D eigenvalue weighted by Gasteiger charge is 2.21. The van der Waals surface area contributed by atoms with Gasteiger partial charge >= 0.3 is 0 Å². The van der Waals surface area contributed by atoms with Crippen LogP contribution in [0.2, 0.25) is 0 Å². The fourth-order valence-corrected chi connectivity index (χ4v) is 1.23. The molecule has 0 spiro atoms. The highest BCUT2D eigenvalue weighted by molar-refractivity contribution is 4.70. The first kappa shape index (κ1) is 11.9. The predicted molar refractivity (Wildman–Crippen MR) is 51.2 cm³/mol. The maximum atomic E-state index is 9.59. The lowest BCUT2D eigenvalue weighted by Gasteiger charge is -2.25. The Balaban J connectivity index is 3.85. The highest BCUT2D eigenvalue weighted by Crippen LogP contribution is 2.13. The minimum absolute atomic E-state index is 0.00921. The van der Waals surface area contributed by atoms with Gasteiger partial charge in [-0.3, -0.25) is 0 Å². The Kier molecular flexibility index (Phi) is 6.39. The maximum Gasteiger partial charge on any atom is 0.0856 e. The molecule has 0 aliphatic rings. The van der Waals surface area contributed by atoms with E-state index in [0.717, 1.165) is 19.4 Å². The van der Waals surface area contributed by atoms with Crippen molar-refractivity contribution in [3.05, 3.63) is 0 Å². The summed E-state index contributed by atoms with van der Waals surface area (Å²) in [7, 11) is 0. The van der Waals surface area contributed by atoms with E-state index < -0.39 is 0 Å². The smallest absolute Gasteiger partial charge is 0.0856 e. The number of ether oxygens (including phenoxy) is 1. The minimum atomic E-state index is -0.309. The van der Waals surface area contributed by atoms with E-state index in [0.29, 0.717) is 5.92 Å². The summed E-state index contributed by atoms with van der Waals surface area (Å²) < 4.78 is 5.56. The molecule has 0 saturated carbocycles. The molecule has 0 aromatic heterocycles. The summed E-state index contributed by atoms with van der Waals surface area (Å²) in [6.07, 6.45) is 1.48. The van der Waals surface area contributed by atoms with E-state index >= 15 is 0 Å². The van der Waals surface area contributed by atoms with Crippen molar-refractivity contribution in [2.24, 2.45) is 5.92 Å². The van der Waals surface area contributed by atoms with E-state index in [4.69, 9.17) is 4.74 Å². The second-order valence-corrected chi connectivity index (χ2v) is 3.56. The molecule has 2 nitrogen and oxygen atoms in total. The van der Waals surface area contributed by atoms with Crippen LogP contribution in [0.4, 0.5) is 0 Å². The van der Waals surface area contributed by atoms with Crippen LogP contribution >= 0.6 is 0 Å². The summed E-state index contributed by atoms with van der Waals surface area (Å²) in [5.74, 6) is 0.395. The van der Waals surface area contributed by atoms with Gasteiger partial charge in [0.2, 0.25) is 0 Å². The molecule has 0 aliphatic carbocycles. The molecule has 0 aliphatic heterocycles. The van der Waals surface area contributed by atoms with Crippen LogP contribution in [-0.4, -0.2) is 23.9 Å². The molecule has 0 radical (unpaired) electrons. The van der Waals surface area contributed by atoms with E-state index in [9.17, 15) is 5.11 Å². The van der Waals surface area contributed by atoms with E-state index in [1.54, 1.807) is 0 Å². The SMILES string of the molecule is CCCO[C@H](C(C)C)[C@H](O)CC. The van der Waals surface area contributed by atoms with E-state index in [1.807, 2.05) is 6.92 Å². The maximum absolute atomic E-state index is 9.59. The van der Waals surface area contributed by atoms with Gasteiger partial charge in [-0.1, -0.05) is 27.7 Å². The quantitative estimate of drug-likeness (QED) is 0.669. The van der Waals surface area contributed by atoms with Crippen LogP contribution in [0.5, 0.6) is 0 Å². The Hall–Kier alpha value is -0.0800. The summed E-state index contributed by atoms with van der Waals surface area (Å²) in [4.78, 5) is 0. The van der Waals surface area contributed by atoms with Gasteiger partial charge in [0.25, 0.3) is 0 Å². The van der Waals surface area contributed by atoms with Gasteiger partial charge in [-0.05, 0) is 18.8 Å². The van der Waals surface area contributed by atoms with Crippen LogP contribution in [0.25, 0.3) is 0 Å². The third-order valence-corrected chi connectivity index (χ3v) is 1.97. The third-order valence-electron chi connectivity index (χ3n) is 1.97. The normalized spacial score (nSPS) is 16.5. The molecule has 12 heavy (non-hydrogen) atoms. The number of aliphatic hydroxyl groups excluding tert-OH is 1. The van der Waals surface area contributed by atoms with Crippen molar-refractivity contribution < 1.29 is 9.84 Å². The Bertz CT molecular complexity index is 102. The molecule has 74 valence electrons. The second-order valence-electron chi connectivity index (χ2n) is 3.56. The molecule has 0 rings (SSSR count). The van der Waals surface area contributed by atoms with Gasteiger partial charge in [-0.25, -0.2) is 0 Å². The number of rotatable bonds is 6. The van der Waals surface area contributed by atoms with E-state index in [2.05, 4.69) is 20.8 Å². The fourth-order valence-electron chi connectivity index (χ4n) is 1.23. The Labute approximate surface area is 75.9 Å². The molecule has 0 fully saturated rings. The van der Waals surface area contributed by atoms with Crippen LogP contribution in [0, 0.1) is 5.92 Å². The van der Waals surface area contributed by atoms with E-state index in [1.165, 1.54) is 0 Å². The Morgan fingerprint density at radius 1 is 1.25 bits per heavy atom. The zero-order valence-electron chi connectivity index (χ0n) is 8.71. The predicted octanol–water partition coefficient (Wildman–Crippen LogP) is 2.21. The van der Waals surface area contributed by atoms with Gasteiger partial charge < -0.3 is 9.84 Å². The van der Waals surface area contributed by atoms with Crippen molar-refractivity contribution in [1.29, 1.82) is 0 Å². The molecule has 0 heterocycles. The van der Waals surface area contributed by atoms with Gasteiger partial charge in [-0.2, -0.15) is 0 Å². The van der Waals surface area contributed by atoms with Crippen molar-refractivity contribution in [3.8, 4) is 0 Å². The lowest BCUT2D eigenvalue weighted by Crippen LogP contribution is -2.33. The lowest BCUT2D eigenvalue weighted by molar-refractivity contribution is -0.0619.